The Bertz CT molecular complexity index is 453. The van der Waals surface area contributed by atoms with Crippen LogP contribution in [-0.2, 0) is 14.3 Å². The minimum absolute atomic E-state index is 0.0511. The summed E-state index contributed by atoms with van der Waals surface area (Å²) in [4.78, 5) is 12.2. The maximum Gasteiger partial charge on any atom is 0.312 e. The molecule has 4 nitrogen and oxygen atoms in total. The summed E-state index contributed by atoms with van der Waals surface area (Å²) < 4.78 is 11.6. The molecule has 2 saturated carbocycles. The van der Waals surface area contributed by atoms with Crippen molar-refractivity contribution in [2.45, 2.75) is 76.8 Å². The fourth-order valence-electron chi connectivity index (χ4n) is 5.21. The third-order valence-electron chi connectivity index (χ3n) is 6.40. The number of rotatable bonds is 3. The molecule has 4 heteroatoms. The number of epoxide rings is 1. The van der Waals surface area contributed by atoms with E-state index in [2.05, 4.69) is 13.8 Å². The van der Waals surface area contributed by atoms with Gasteiger partial charge in [-0.25, -0.2) is 0 Å². The molecule has 0 amide bonds. The van der Waals surface area contributed by atoms with Crippen LogP contribution >= 0.6 is 0 Å². The minimum atomic E-state index is -0.766. The van der Waals surface area contributed by atoms with Crippen molar-refractivity contribution in [1.29, 1.82) is 0 Å². The number of ether oxygens (including phenoxy) is 2. The van der Waals surface area contributed by atoms with Crippen molar-refractivity contribution in [3.05, 3.63) is 0 Å². The molecule has 112 valence electrons. The highest BCUT2D eigenvalue weighted by molar-refractivity contribution is 5.78. The summed E-state index contributed by atoms with van der Waals surface area (Å²) in [6.07, 6.45) is 7.45. The van der Waals surface area contributed by atoms with Gasteiger partial charge in [-0.1, -0.05) is 46.0 Å². The molecular weight excluding hydrogens is 256 g/mol. The molecule has 1 N–H and O–H groups in total. The van der Waals surface area contributed by atoms with E-state index in [9.17, 15) is 9.90 Å². The van der Waals surface area contributed by atoms with Crippen molar-refractivity contribution in [2.24, 2.45) is 16.7 Å². The fourth-order valence-corrected chi connectivity index (χ4v) is 5.21. The average Bonchev–Trinajstić information content (AvgIpc) is 2.93. The molecule has 0 aromatic rings. The normalized spacial score (nSPS) is 49.1. The van der Waals surface area contributed by atoms with Crippen LogP contribution in [-0.4, -0.2) is 29.1 Å². The van der Waals surface area contributed by atoms with Crippen molar-refractivity contribution in [1.82, 2.24) is 0 Å². The van der Waals surface area contributed by atoms with E-state index in [1.165, 1.54) is 32.1 Å². The summed E-state index contributed by atoms with van der Waals surface area (Å²) in [6, 6.07) is 0. The SMILES string of the molecule is CC1(C)CC23OC2C(O3)C1(CC1CCCCC1)C(=O)O. The van der Waals surface area contributed by atoms with Crippen LogP contribution in [0.15, 0.2) is 0 Å². The average molecular weight is 280 g/mol. The zero-order valence-corrected chi connectivity index (χ0v) is 12.4. The van der Waals surface area contributed by atoms with Gasteiger partial charge in [-0.05, 0) is 17.8 Å². The first-order chi connectivity index (χ1) is 9.41. The number of carboxylic acids is 1. The van der Waals surface area contributed by atoms with Gasteiger partial charge in [0.05, 0.1) is 0 Å². The zero-order chi connectivity index (χ0) is 14.2. The van der Waals surface area contributed by atoms with Crippen LogP contribution in [0.4, 0.5) is 0 Å². The van der Waals surface area contributed by atoms with Gasteiger partial charge in [-0.3, -0.25) is 4.79 Å². The highest BCUT2D eigenvalue weighted by atomic mass is 16.9. The summed E-state index contributed by atoms with van der Waals surface area (Å²) >= 11 is 0. The lowest BCUT2D eigenvalue weighted by Gasteiger charge is -2.58. The molecule has 3 saturated heterocycles. The van der Waals surface area contributed by atoms with Gasteiger partial charge in [0.2, 0.25) is 0 Å². The standard InChI is InChI=1S/C16H24O4/c1-14(2)9-16-12(20-16)11(19-16)15(14,13(17)18)8-10-6-4-3-5-7-10/h10-12H,3-9H2,1-2H3,(H,17,18). The Balaban J connectivity index is 1.66. The molecule has 2 aliphatic carbocycles. The third-order valence-corrected chi connectivity index (χ3v) is 6.40. The smallest absolute Gasteiger partial charge is 0.312 e. The zero-order valence-electron chi connectivity index (χ0n) is 12.4. The van der Waals surface area contributed by atoms with Gasteiger partial charge in [0, 0.05) is 6.42 Å². The monoisotopic (exact) mass is 280 g/mol. The molecule has 2 bridgehead atoms. The van der Waals surface area contributed by atoms with Gasteiger partial charge in [-0.15, -0.1) is 0 Å². The summed E-state index contributed by atoms with van der Waals surface area (Å²) in [7, 11) is 0. The molecule has 5 rings (SSSR count). The first-order valence-corrected chi connectivity index (χ1v) is 8.00. The maximum atomic E-state index is 12.2. The first-order valence-electron chi connectivity index (χ1n) is 8.00. The van der Waals surface area contributed by atoms with E-state index in [0.29, 0.717) is 5.92 Å². The molecule has 20 heavy (non-hydrogen) atoms. The molecule has 0 aromatic carbocycles. The Hall–Kier alpha value is -0.610. The molecular formula is C16H24O4. The Kier molecular flexibility index (Phi) is 2.47. The summed E-state index contributed by atoms with van der Waals surface area (Å²) in [5.41, 5.74) is -1.02. The van der Waals surface area contributed by atoms with Crippen LogP contribution < -0.4 is 0 Å². The van der Waals surface area contributed by atoms with E-state index in [-0.39, 0.29) is 17.6 Å². The second kappa shape index (κ2) is 3.77. The van der Waals surface area contributed by atoms with Gasteiger partial charge in [-0.2, -0.15) is 0 Å². The molecule has 0 radical (unpaired) electrons. The summed E-state index contributed by atoms with van der Waals surface area (Å²) in [5, 5.41) is 10.0. The van der Waals surface area contributed by atoms with E-state index >= 15 is 0 Å². The highest BCUT2D eigenvalue weighted by Crippen LogP contribution is 2.72. The topological polar surface area (TPSA) is 59.1 Å². The van der Waals surface area contributed by atoms with Gasteiger partial charge < -0.3 is 14.6 Å². The fraction of sp³-hybridized carbons (Fsp3) is 0.938. The van der Waals surface area contributed by atoms with Crippen LogP contribution in [0.2, 0.25) is 0 Å². The predicted octanol–water partition coefficient (Wildman–Crippen LogP) is 2.95. The first kappa shape index (κ1) is 13.1. The second-order valence-corrected chi connectivity index (χ2v) is 7.93. The van der Waals surface area contributed by atoms with E-state index in [1.54, 1.807) is 0 Å². The van der Waals surface area contributed by atoms with E-state index in [4.69, 9.17) is 9.47 Å². The van der Waals surface area contributed by atoms with Gasteiger partial charge in [0.1, 0.15) is 17.6 Å². The Morgan fingerprint density at radius 2 is 1.80 bits per heavy atom. The van der Waals surface area contributed by atoms with Crippen molar-refractivity contribution < 1.29 is 19.4 Å². The number of fused-ring (bicyclic) bond motifs is 2. The molecule has 4 unspecified atom stereocenters. The van der Waals surface area contributed by atoms with Crippen LogP contribution in [0, 0.1) is 16.7 Å². The Morgan fingerprint density at radius 1 is 1.15 bits per heavy atom. The van der Waals surface area contributed by atoms with E-state index < -0.39 is 17.2 Å². The third kappa shape index (κ3) is 1.42. The molecule has 3 aliphatic heterocycles. The van der Waals surface area contributed by atoms with Crippen LogP contribution in [0.1, 0.15) is 58.8 Å². The number of hydrogen-bond donors (Lipinski definition) is 1. The molecule has 0 aromatic heterocycles. The lowest BCUT2D eigenvalue weighted by molar-refractivity contribution is -0.273. The summed E-state index contributed by atoms with van der Waals surface area (Å²) in [6.45, 7) is 4.19. The Morgan fingerprint density at radius 3 is 2.40 bits per heavy atom. The maximum absolute atomic E-state index is 12.2. The van der Waals surface area contributed by atoms with Crippen LogP contribution in [0.25, 0.3) is 0 Å². The highest BCUT2D eigenvalue weighted by Gasteiger charge is 2.85. The second-order valence-electron chi connectivity index (χ2n) is 7.93. The molecule has 5 aliphatic rings. The van der Waals surface area contributed by atoms with Gasteiger partial charge in [0.25, 0.3) is 0 Å². The largest absolute Gasteiger partial charge is 0.481 e. The molecule has 1 spiro atoms. The number of aliphatic carboxylic acids is 1. The molecule has 3 heterocycles. The van der Waals surface area contributed by atoms with E-state index in [0.717, 1.165) is 12.8 Å². The summed E-state index contributed by atoms with van der Waals surface area (Å²) in [5.74, 6) is -0.545. The lowest BCUT2D eigenvalue weighted by Crippen LogP contribution is -2.69. The molecule has 4 atom stereocenters. The van der Waals surface area contributed by atoms with Crippen LogP contribution in [0.3, 0.4) is 0 Å². The van der Waals surface area contributed by atoms with Gasteiger partial charge in [0.15, 0.2) is 5.79 Å². The quantitative estimate of drug-likeness (QED) is 0.807. The van der Waals surface area contributed by atoms with Crippen molar-refractivity contribution in [2.75, 3.05) is 0 Å². The molecule has 5 fully saturated rings. The van der Waals surface area contributed by atoms with Crippen molar-refractivity contribution in [3.63, 3.8) is 0 Å². The number of hydrogen-bond acceptors (Lipinski definition) is 3. The van der Waals surface area contributed by atoms with Gasteiger partial charge >= 0.3 is 5.97 Å². The Labute approximate surface area is 119 Å². The number of carbonyl (C=O) groups is 1. The number of carboxylic acid groups (broad SMARTS) is 1. The van der Waals surface area contributed by atoms with E-state index in [1.807, 2.05) is 0 Å². The van der Waals surface area contributed by atoms with Crippen LogP contribution in [0.5, 0.6) is 0 Å². The van der Waals surface area contributed by atoms with Crippen molar-refractivity contribution >= 4 is 5.97 Å². The lowest BCUT2D eigenvalue weighted by atomic mass is 9.50. The van der Waals surface area contributed by atoms with Crippen molar-refractivity contribution in [3.8, 4) is 0 Å². The predicted molar refractivity (Wildman–Crippen MR) is 72.1 cm³/mol. The minimum Gasteiger partial charge on any atom is -0.481 e.